The lowest BCUT2D eigenvalue weighted by atomic mass is 10.6. The Morgan fingerprint density at radius 3 is 2.18 bits per heavy atom. The Balaban J connectivity index is 0.000000304. The van der Waals surface area contributed by atoms with Crippen LogP contribution >= 0.6 is 0 Å². The summed E-state index contributed by atoms with van der Waals surface area (Å²) in [6, 6.07) is 0. The second-order valence-electron chi connectivity index (χ2n) is 3.14. The van der Waals surface area contributed by atoms with Crippen molar-refractivity contribution in [3.63, 3.8) is 0 Å². The van der Waals surface area contributed by atoms with Gasteiger partial charge in [0, 0.05) is 19.4 Å². The number of rotatable bonds is 1. The molecule has 1 heterocycles. The minimum absolute atomic E-state index is 0.709. The van der Waals surface area contributed by atoms with E-state index in [9.17, 15) is 21.6 Å². The lowest BCUT2D eigenvalue weighted by Crippen LogP contribution is -2.30. The number of sulfonamides is 1. The maximum Gasteiger partial charge on any atom is 0.511 e. The van der Waals surface area contributed by atoms with E-state index in [1.165, 1.54) is 0 Å². The molecule has 0 spiro atoms. The van der Waals surface area contributed by atoms with Crippen molar-refractivity contribution >= 4 is 10.0 Å². The van der Waals surface area contributed by atoms with Gasteiger partial charge in [-0.05, 0) is 0 Å². The first-order valence-corrected chi connectivity index (χ1v) is 5.77. The van der Waals surface area contributed by atoms with Crippen molar-refractivity contribution in [1.82, 2.24) is 9.80 Å². The average molecular weight is 271 g/mol. The third-order valence-corrected chi connectivity index (χ3v) is 2.20. The maximum atomic E-state index is 10.8. The van der Waals surface area contributed by atoms with Crippen molar-refractivity contribution in [2.45, 2.75) is 5.51 Å². The zero-order valence-corrected chi connectivity index (χ0v) is 9.79. The van der Waals surface area contributed by atoms with E-state index < -0.39 is 15.5 Å². The van der Waals surface area contributed by atoms with Crippen LogP contribution < -0.4 is 5.14 Å². The third-order valence-electron chi connectivity index (χ3n) is 1.55. The molecule has 0 aliphatic carbocycles. The van der Waals surface area contributed by atoms with E-state index in [2.05, 4.69) is 20.9 Å². The Labute approximate surface area is 97.7 Å². The number of nitrogens with two attached hydrogens (primary N) is 1. The normalized spacial score (nSPS) is 15.3. The van der Waals surface area contributed by atoms with Crippen molar-refractivity contribution in [2.24, 2.45) is 5.14 Å². The molecule has 0 aromatic carbocycles. The molecule has 0 atom stereocenters. The molecule has 0 aromatic rings. The van der Waals surface area contributed by atoms with Gasteiger partial charge in [-0.25, -0.2) is 13.6 Å². The van der Waals surface area contributed by atoms with Crippen LogP contribution in [0, 0.1) is 12.3 Å². The largest absolute Gasteiger partial charge is 0.511 e. The Hall–Kier alpha value is -1.40. The third kappa shape index (κ3) is 6.03. The molecule has 98 valence electrons. The molecular formula is C8H12F3N3O2S. The Morgan fingerprint density at radius 1 is 1.47 bits per heavy atom. The van der Waals surface area contributed by atoms with Crippen LogP contribution in [0.5, 0.6) is 0 Å². The molecule has 0 fully saturated rings. The SMILES string of the molecule is C#CCN1C=CN(C)C1.NS(=O)(=O)C(F)(F)F. The number of halogens is 3. The fourth-order valence-electron chi connectivity index (χ4n) is 0.809. The molecule has 2 N–H and O–H groups in total. The monoisotopic (exact) mass is 271 g/mol. The average Bonchev–Trinajstić information content (AvgIpc) is 2.49. The molecule has 0 unspecified atom stereocenters. The zero-order valence-electron chi connectivity index (χ0n) is 8.98. The number of primary sulfonamides is 1. The standard InChI is InChI=1S/C7H10N2.CH2F3NO2S/c1-3-4-9-6-5-8(2)7-9;2-1(3,4)8(5,6)7/h1,5-6H,4,7H2,2H3;(H2,5,6,7). The van der Waals surface area contributed by atoms with Crippen LogP contribution in [0.25, 0.3) is 0 Å². The number of alkyl halides is 3. The molecule has 1 aliphatic heterocycles. The van der Waals surface area contributed by atoms with Crippen LogP contribution in [-0.4, -0.2) is 44.0 Å². The summed E-state index contributed by atoms with van der Waals surface area (Å²) < 4.78 is 51.2. The molecule has 0 saturated heterocycles. The van der Waals surface area contributed by atoms with Crippen LogP contribution in [-0.2, 0) is 10.0 Å². The Morgan fingerprint density at radius 2 is 1.94 bits per heavy atom. The van der Waals surface area contributed by atoms with E-state index in [4.69, 9.17) is 6.42 Å². The maximum absolute atomic E-state index is 10.8. The first-order valence-electron chi connectivity index (χ1n) is 4.23. The summed E-state index contributed by atoms with van der Waals surface area (Å²) in [5.41, 5.74) is -5.31. The van der Waals surface area contributed by atoms with Gasteiger partial charge in [-0.3, -0.25) is 0 Å². The van der Waals surface area contributed by atoms with Crippen molar-refractivity contribution < 1.29 is 21.6 Å². The molecule has 1 rings (SSSR count). The fraction of sp³-hybridized carbons (Fsp3) is 0.500. The summed E-state index contributed by atoms with van der Waals surface area (Å²) in [6.07, 6.45) is 9.12. The topological polar surface area (TPSA) is 66.6 Å². The minimum atomic E-state index is -5.34. The summed E-state index contributed by atoms with van der Waals surface area (Å²) in [4.78, 5) is 4.15. The molecule has 9 heteroatoms. The lowest BCUT2D eigenvalue weighted by Gasteiger charge is -2.14. The molecule has 17 heavy (non-hydrogen) atoms. The highest BCUT2D eigenvalue weighted by atomic mass is 32.2. The van der Waals surface area contributed by atoms with Crippen molar-refractivity contribution in [1.29, 1.82) is 0 Å². The van der Waals surface area contributed by atoms with E-state index in [1.54, 1.807) is 0 Å². The molecule has 5 nitrogen and oxygen atoms in total. The van der Waals surface area contributed by atoms with Crippen molar-refractivity contribution in [2.75, 3.05) is 20.3 Å². The zero-order chi connectivity index (χ0) is 13.7. The summed E-state index contributed by atoms with van der Waals surface area (Å²) in [5, 5.41) is 3.66. The van der Waals surface area contributed by atoms with Crippen LogP contribution in [0.3, 0.4) is 0 Å². The van der Waals surface area contributed by atoms with Gasteiger partial charge in [-0.1, -0.05) is 5.92 Å². The second-order valence-corrected chi connectivity index (χ2v) is 4.69. The van der Waals surface area contributed by atoms with Crippen LogP contribution in [0.15, 0.2) is 12.4 Å². The van der Waals surface area contributed by atoms with Gasteiger partial charge >= 0.3 is 15.5 Å². The van der Waals surface area contributed by atoms with Crippen molar-refractivity contribution in [3.8, 4) is 12.3 Å². The molecule has 0 bridgehead atoms. The highest BCUT2D eigenvalue weighted by Crippen LogP contribution is 2.18. The first-order chi connectivity index (χ1) is 7.58. The van der Waals surface area contributed by atoms with Gasteiger partial charge in [0.25, 0.3) is 0 Å². The number of hydrogen-bond acceptors (Lipinski definition) is 4. The highest BCUT2D eigenvalue weighted by Gasteiger charge is 2.42. The van der Waals surface area contributed by atoms with Crippen LogP contribution in [0.1, 0.15) is 0 Å². The number of hydrogen-bond donors (Lipinski definition) is 1. The van der Waals surface area contributed by atoms with Gasteiger partial charge < -0.3 is 9.80 Å². The van der Waals surface area contributed by atoms with Gasteiger partial charge in [0.1, 0.15) is 0 Å². The van der Waals surface area contributed by atoms with Gasteiger partial charge in [-0.15, -0.1) is 6.42 Å². The molecule has 0 amide bonds. The van der Waals surface area contributed by atoms with E-state index >= 15 is 0 Å². The van der Waals surface area contributed by atoms with Gasteiger partial charge in [0.15, 0.2) is 0 Å². The summed E-state index contributed by atoms with van der Waals surface area (Å²) in [5.74, 6) is 2.58. The molecule has 1 aliphatic rings. The summed E-state index contributed by atoms with van der Waals surface area (Å²) in [7, 11) is -3.32. The van der Waals surface area contributed by atoms with Gasteiger partial charge in [0.05, 0.1) is 13.2 Å². The predicted octanol–water partition coefficient (Wildman–Crippen LogP) is 0.0904. The quantitative estimate of drug-likeness (QED) is 0.686. The van der Waals surface area contributed by atoms with E-state index in [1.807, 2.05) is 19.4 Å². The molecule has 0 radical (unpaired) electrons. The van der Waals surface area contributed by atoms with E-state index in [0.29, 0.717) is 6.54 Å². The Kier molecular flexibility index (Phi) is 5.31. The first kappa shape index (κ1) is 15.6. The van der Waals surface area contributed by atoms with Gasteiger partial charge in [-0.2, -0.15) is 13.2 Å². The summed E-state index contributed by atoms with van der Waals surface area (Å²) in [6.45, 7) is 1.63. The van der Waals surface area contributed by atoms with Gasteiger partial charge in [0.2, 0.25) is 0 Å². The lowest BCUT2D eigenvalue weighted by molar-refractivity contribution is -0.0436. The molecule has 0 saturated carbocycles. The smallest absolute Gasteiger partial charge is 0.362 e. The molecule has 0 aromatic heterocycles. The van der Waals surface area contributed by atoms with E-state index in [0.717, 1.165) is 6.67 Å². The molecular weight excluding hydrogens is 259 g/mol. The summed E-state index contributed by atoms with van der Waals surface area (Å²) >= 11 is 0. The fourth-order valence-corrected chi connectivity index (χ4v) is 0.809. The number of nitrogens with zero attached hydrogens (tertiary/aromatic N) is 2. The number of terminal acetylenes is 1. The second kappa shape index (κ2) is 5.79. The van der Waals surface area contributed by atoms with Crippen LogP contribution in [0.4, 0.5) is 13.2 Å². The Bertz CT molecular complexity index is 411. The predicted molar refractivity (Wildman–Crippen MR) is 56.5 cm³/mol. The highest BCUT2D eigenvalue weighted by molar-refractivity contribution is 7.90. The van der Waals surface area contributed by atoms with Crippen molar-refractivity contribution in [3.05, 3.63) is 12.4 Å². The van der Waals surface area contributed by atoms with Crippen LogP contribution in [0.2, 0.25) is 0 Å². The van der Waals surface area contributed by atoms with E-state index in [-0.39, 0.29) is 0 Å². The minimum Gasteiger partial charge on any atom is -0.362 e.